The molecule has 1 unspecified atom stereocenters. The molecule has 1 aromatic rings. The third-order valence-electron chi connectivity index (χ3n) is 3.37. The summed E-state index contributed by atoms with van der Waals surface area (Å²) in [5.74, 6) is 0.395. The number of hydrogen-bond donors (Lipinski definition) is 1. The van der Waals surface area contributed by atoms with Crippen LogP contribution in [0.4, 0.5) is 4.39 Å². The quantitative estimate of drug-likeness (QED) is 0.801. The van der Waals surface area contributed by atoms with Gasteiger partial charge in [0.1, 0.15) is 5.82 Å². The SMILES string of the molecule is CC(C)c1ccc(F)c(C2CCCCN2)c1. The Bertz CT molecular complexity index is 354. The highest BCUT2D eigenvalue weighted by Gasteiger charge is 2.18. The fourth-order valence-corrected chi connectivity index (χ4v) is 2.31. The molecule has 1 aliphatic heterocycles. The van der Waals surface area contributed by atoms with E-state index in [1.165, 1.54) is 18.4 Å². The average Bonchev–Trinajstić information content (AvgIpc) is 2.30. The van der Waals surface area contributed by atoms with Crippen LogP contribution in [0.25, 0.3) is 0 Å². The lowest BCUT2D eigenvalue weighted by molar-refractivity contribution is 0.399. The van der Waals surface area contributed by atoms with Crippen molar-refractivity contribution in [1.29, 1.82) is 0 Å². The van der Waals surface area contributed by atoms with Gasteiger partial charge in [-0.2, -0.15) is 0 Å². The standard InChI is InChI=1S/C14H20FN/c1-10(2)11-6-7-13(15)12(9-11)14-5-3-4-8-16-14/h6-7,9-10,14,16H,3-5,8H2,1-2H3. The Morgan fingerprint density at radius 2 is 2.12 bits per heavy atom. The van der Waals surface area contributed by atoms with E-state index in [4.69, 9.17) is 0 Å². The first kappa shape index (κ1) is 11.6. The number of halogens is 1. The van der Waals surface area contributed by atoms with E-state index in [1.807, 2.05) is 12.1 Å². The maximum Gasteiger partial charge on any atom is 0.127 e. The molecule has 0 radical (unpaired) electrons. The zero-order valence-corrected chi connectivity index (χ0v) is 10.1. The molecule has 2 rings (SSSR count). The van der Waals surface area contributed by atoms with Crippen molar-refractivity contribution in [1.82, 2.24) is 5.32 Å². The van der Waals surface area contributed by atoms with Gasteiger partial charge in [-0.3, -0.25) is 0 Å². The lowest BCUT2D eigenvalue weighted by Crippen LogP contribution is -2.27. The minimum Gasteiger partial charge on any atom is -0.310 e. The van der Waals surface area contributed by atoms with Crippen molar-refractivity contribution in [2.45, 2.75) is 45.1 Å². The van der Waals surface area contributed by atoms with Crippen LogP contribution in [0, 0.1) is 5.82 Å². The minimum atomic E-state index is -0.0659. The number of benzene rings is 1. The first-order chi connectivity index (χ1) is 7.68. The Hall–Kier alpha value is -0.890. The molecule has 16 heavy (non-hydrogen) atoms. The van der Waals surface area contributed by atoms with Gasteiger partial charge in [-0.15, -0.1) is 0 Å². The van der Waals surface area contributed by atoms with Crippen molar-refractivity contribution in [3.8, 4) is 0 Å². The zero-order valence-electron chi connectivity index (χ0n) is 10.1. The van der Waals surface area contributed by atoms with Crippen LogP contribution in [0.3, 0.4) is 0 Å². The second-order valence-corrected chi connectivity index (χ2v) is 4.94. The van der Waals surface area contributed by atoms with Gasteiger partial charge in [-0.1, -0.05) is 32.4 Å². The summed E-state index contributed by atoms with van der Waals surface area (Å²) in [5, 5.41) is 3.40. The molecule has 0 bridgehead atoms. The molecule has 1 nitrogen and oxygen atoms in total. The van der Waals surface area contributed by atoms with Crippen molar-refractivity contribution in [3.63, 3.8) is 0 Å². The van der Waals surface area contributed by atoms with Crippen LogP contribution >= 0.6 is 0 Å². The molecule has 1 atom stereocenters. The maximum atomic E-state index is 13.8. The molecule has 1 aliphatic rings. The van der Waals surface area contributed by atoms with Gasteiger partial charge < -0.3 is 5.32 Å². The summed E-state index contributed by atoms with van der Waals surface area (Å²) in [5.41, 5.74) is 2.08. The van der Waals surface area contributed by atoms with Gasteiger partial charge in [-0.25, -0.2) is 4.39 Å². The lowest BCUT2D eigenvalue weighted by atomic mass is 9.93. The van der Waals surface area contributed by atoms with E-state index in [9.17, 15) is 4.39 Å². The van der Waals surface area contributed by atoms with E-state index in [2.05, 4.69) is 19.2 Å². The maximum absolute atomic E-state index is 13.8. The van der Waals surface area contributed by atoms with Crippen molar-refractivity contribution >= 4 is 0 Å². The highest BCUT2D eigenvalue weighted by atomic mass is 19.1. The van der Waals surface area contributed by atoms with Crippen LogP contribution in [0.15, 0.2) is 18.2 Å². The molecule has 0 aliphatic carbocycles. The van der Waals surface area contributed by atoms with Gasteiger partial charge in [-0.05, 0) is 36.9 Å². The minimum absolute atomic E-state index is 0.0659. The van der Waals surface area contributed by atoms with Crippen LogP contribution < -0.4 is 5.32 Å². The fraction of sp³-hybridized carbons (Fsp3) is 0.571. The van der Waals surface area contributed by atoms with Crippen molar-refractivity contribution < 1.29 is 4.39 Å². The highest BCUT2D eigenvalue weighted by Crippen LogP contribution is 2.27. The van der Waals surface area contributed by atoms with E-state index >= 15 is 0 Å². The molecule has 0 saturated carbocycles. The summed E-state index contributed by atoms with van der Waals surface area (Å²) < 4.78 is 13.8. The molecule has 1 N–H and O–H groups in total. The smallest absolute Gasteiger partial charge is 0.127 e. The largest absolute Gasteiger partial charge is 0.310 e. The van der Waals surface area contributed by atoms with Gasteiger partial charge in [0.25, 0.3) is 0 Å². The number of piperidine rings is 1. The summed E-state index contributed by atoms with van der Waals surface area (Å²) in [6.07, 6.45) is 3.46. The Balaban J connectivity index is 2.27. The molecule has 1 heterocycles. The highest BCUT2D eigenvalue weighted by molar-refractivity contribution is 5.29. The van der Waals surface area contributed by atoms with Crippen molar-refractivity contribution in [2.75, 3.05) is 6.54 Å². The zero-order chi connectivity index (χ0) is 11.5. The molecular formula is C14H20FN. The topological polar surface area (TPSA) is 12.0 Å². The first-order valence-corrected chi connectivity index (χ1v) is 6.21. The van der Waals surface area contributed by atoms with E-state index in [-0.39, 0.29) is 11.9 Å². The summed E-state index contributed by atoms with van der Waals surface area (Å²) in [6, 6.07) is 5.75. The molecule has 1 saturated heterocycles. The van der Waals surface area contributed by atoms with Crippen LogP contribution in [0.2, 0.25) is 0 Å². The lowest BCUT2D eigenvalue weighted by Gasteiger charge is -2.25. The van der Waals surface area contributed by atoms with Crippen LogP contribution in [0.5, 0.6) is 0 Å². The summed E-state index contributed by atoms with van der Waals surface area (Å²) in [7, 11) is 0. The fourth-order valence-electron chi connectivity index (χ4n) is 2.31. The second-order valence-electron chi connectivity index (χ2n) is 4.94. The Kier molecular flexibility index (Phi) is 3.59. The molecule has 0 aromatic heterocycles. The molecule has 2 heteroatoms. The Labute approximate surface area is 97.1 Å². The van der Waals surface area contributed by atoms with Gasteiger partial charge in [0.15, 0.2) is 0 Å². The van der Waals surface area contributed by atoms with Gasteiger partial charge >= 0.3 is 0 Å². The number of rotatable bonds is 2. The molecule has 0 spiro atoms. The molecule has 1 aromatic carbocycles. The summed E-state index contributed by atoms with van der Waals surface area (Å²) in [4.78, 5) is 0. The summed E-state index contributed by atoms with van der Waals surface area (Å²) in [6.45, 7) is 5.30. The second kappa shape index (κ2) is 4.96. The third kappa shape index (κ3) is 2.43. The van der Waals surface area contributed by atoms with Crippen LogP contribution in [0.1, 0.15) is 56.2 Å². The molecule has 0 amide bonds. The van der Waals surface area contributed by atoms with Gasteiger partial charge in [0, 0.05) is 11.6 Å². The third-order valence-corrected chi connectivity index (χ3v) is 3.37. The predicted molar refractivity (Wildman–Crippen MR) is 65.1 cm³/mol. The molecular weight excluding hydrogens is 201 g/mol. The average molecular weight is 221 g/mol. The first-order valence-electron chi connectivity index (χ1n) is 6.21. The van der Waals surface area contributed by atoms with Crippen LogP contribution in [-0.4, -0.2) is 6.54 Å². The molecule has 88 valence electrons. The van der Waals surface area contributed by atoms with E-state index in [0.717, 1.165) is 18.5 Å². The van der Waals surface area contributed by atoms with Gasteiger partial charge in [0.2, 0.25) is 0 Å². The summed E-state index contributed by atoms with van der Waals surface area (Å²) >= 11 is 0. The predicted octanol–water partition coefficient (Wildman–Crippen LogP) is 3.76. The van der Waals surface area contributed by atoms with Gasteiger partial charge in [0.05, 0.1) is 0 Å². The molecule has 1 fully saturated rings. The van der Waals surface area contributed by atoms with Crippen molar-refractivity contribution in [2.24, 2.45) is 0 Å². The monoisotopic (exact) mass is 221 g/mol. The van der Waals surface area contributed by atoms with E-state index < -0.39 is 0 Å². The number of nitrogens with one attached hydrogen (secondary N) is 1. The Morgan fingerprint density at radius 1 is 1.31 bits per heavy atom. The number of hydrogen-bond acceptors (Lipinski definition) is 1. The Morgan fingerprint density at radius 3 is 2.75 bits per heavy atom. The van der Waals surface area contributed by atoms with E-state index in [0.29, 0.717) is 5.92 Å². The normalized spacial score (nSPS) is 21.4. The van der Waals surface area contributed by atoms with Crippen LogP contribution in [-0.2, 0) is 0 Å². The van der Waals surface area contributed by atoms with Crippen molar-refractivity contribution in [3.05, 3.63) is 35.1 Å². The van der Waals surface area contributed by atoms with E-state index in [1.54, 1.807) is 6.07 Å².